The molecule has 0 aromatic heterocycles. The maximum atomic E-state index is 12.5. The standard InChI is InChI=1S/C30H46O4/c1-19(18-31)8-7-9-20(26(33)34)21-12-16-30(6)23-10-11-24-27(2,3)25(32)14-15-28(24,4)22(23)13-17-29(21,30)5/h8,10,13,20-21,24-25,31-32H,7,9,11-12,14-18H2,1-6H3,(H,33,34)/b19-8-/t20-,21-,24+,25-,28-,29-,30+/m1/s1. The van der Waals surface area contributed by atoms with Gasteiger partial charge in [-0.15, -0.1) is 0 Å². The molecule has 0 heterocycles. The summed E-state index contributed by atoms with van der Waals surface area (Å²) in [6.07, 6.45) is 13.8. The number of aliphatic carboxylic acids is 1. The van der Waals surface area contributed by atoms with Crippen LogP contribution in [0.4, 0.5) is 0 Å². The van der Waals surface area contributed by atoms with E-state index in [1.165, 1.54) is 11.1 Å². The fourth-order valence-corrected chi connectivity index (χ4v) is 8.75. The van der Waals surface area contributed by atoms with Crippen molar-refractivity contribution in [3.05, 3.63) is 34.9 Å². The first kappa shape index (κ1) is 25.7. The van der Waals surface area contributed by atoms with E-state index in [2.05, 4.69) is 46.8 Å². The van der Waals surface area contributed by atoms with Gasteiger partial charge in [0.1, 0.15) is 0 Å². The summed E-state index contributed by atoms with van der Waals surface area (Å²) in [6.45, 7) is 13.6. The molecule has 7 atom stereocenters. The molecule has 3 N–H and O–H groups in total. The second kappa shape index (κ2) is 8.62. The number of hydrogen-bond acceptors (Lipinski definition) is 3. The molecule has 4 aliphatic carbocycles. The molecule has 4 heteroatoms. The third-order valence-corrected chi connectivity index (χ3v) is 11.3. The normalized spacial score (nSPS) is 42.1. The van der Waals surface area contributed by atoms with Crippen LogP contribution >= 0.6 is 0 Å². The molecular formula is C30H46O4. The predicted molar refractivity (Wildman–Crippen MR) is 136 cm³/mol. The largest absolute Gasteiger partial charge is 0.481 e. The highest BCUT2D eigenvalue weighted by molar-refractivity contribution is 5.71. The molecule has 0 amide bonds. The number of aliphatic hydroxyl groups is 2. The maximum Gasteiger partial charge on any atom is 0.306 e. The van der Waals surface area contributed by atoms with Gasteiger partial charge in [-0.05, 0) is 103 Å². The summed E-state index contributed by atoms with van der Waals surface area (Å²) in [5.41, 5.74) is 3.77. The van der Waals surface area contributed by atoms with Crippen LogP contribution in [0.1, 0.15) is 92.9 Å². The van der Waals surface area contributed by atoms with E-state index in [0.717, 1.165) is 44.1 Å². The smallest absolute Gasteiger partial charge is 0.306 e. The lowest BCUT2D eigenvalue weighted by atomic mass is 9.44. The molecule has 0 spiro atoms. The van der Waals surface area contributed by atoms with Gasteiger partial charge in [-0.2, -0.15) is 0 Å². The van der Waals surface area contributed by atoms with Gasteiger partial charge in [-0.1, -0.05) is 58.4 Å². The summed E-state index contributed by atoms with van der Waals surface area (Å²) in [5.74, 6) is -0.460. The number of carbonyl (C=O) groups is 1. The van der Waals surface area contributed by atoms with Crippen LogP contribution in [0.3, 0.4) is 0 Å². The van der Waals surface area contributed by atoms with Gasteiger partial charge in [-0.25, -0.2) is 0 Å². The molecule has 190 valence electrons. The molecular weight excluding hydrogens is 424 g/mol. The second-order valence-electron chi connectivity index (χ2n) is 13.1. The summed E-state index contributed by atoms with van der Waals surface area (Å²) in [7, 11) is 0. The number of aliphatic hydroxyl groups excluding tert-OH is 2. The summed E-state index contributed by atoms with van der Waals surface area (Å²) < 4.78 is 0. The fraction of sp³-hybridized carbons (Fsp3) is 0.767. The Kier molecular flexibility index (Phi) is 6.52. The number of carboxylic acids is 1. The SMILES string of the molecule is C/C(=C/CC[C@@H](C(=O)O)[C@H]1CC[C@@]2(C)C3=CC[C@H]4C(C)(C)[C@H](O)CC[C@]4(C)C3=CC[C@]12C)CO. The van der Waals surface area contributed by atoms with Gasteiger partial charge < -0.3 is 15.3 Å². The van der Waals surface area contributed by atoms with E-state index in [-0.39, 0.29) is 46.2 Å². The van der Waals surface area contributed by atoms with E-state index in [1.807, 2.05) is 13.0 Å². The highest BCUT2D eigenvalue weighted by atomic mass is 16.4. The van der Waals surface area contributed by atoms with E-state index in [1.54, 1.807) is 0 Å². The molecule has 4 aliphatic rings. The first-order valence-corrected chi connectivity index (χ1v) is 13.4. The summed E-state index contributed by atoms with van der Waals surface area (Å²) in [5, 5.41) is 30.3. The minimum absolute atomic E-state index is 0.0134. The Bertz CT molecular complexity index is 926. The molecule has 0 aromatic carbocycles. The van der Waals surface area contributed by atoms with Crippen LogP contribution in [0.5, 0.6) is 0 Å². The molecule has 0 saturated heterocycles. The average molecular weight is 471 g/mol. The van der Waals surface area contributed by atoms with Crippen molar-refractivity contribution >= 4 is 5.97 Å². The lowest BCUT2D eigenvalue weighted by Crippen LogP contribution is -2.54. The highest BCUT2D eigenvalue weighted by Gasteiger charge is 2.63. The predicted octanol–water partition coefficient (Wildman–Crippen LogP) is 6.29. The molecule has 0 aromatic rings. The van der Waals surface area contributed by atoms with Crippen LogP contribution in [-0.2, 0) is 4.79 Å². The van der Waals surface area contributed by atoms with Gasteiger partial charge in [-0.3, -0.25) is 4.79 Å². The molecule has 34 heavy (non-hydrogen) atoms. The zero-order valence-corrected chi connectivity index (χ0v) is 22.2. The Morgan fingerprint density at radius 2 is 1.82 bits per heavy atom. The maximum absolute atomic E-state index is 12.5. The second-order valence-corrected chi connectivity index (χ2v) is 13.1. The summed E-state index contributed by atoms with van der Waals surface area (Å²) in [4.78, 5) is 12.5. The van der Waals surface area contributed by atoms with Gasteiger partial charge >= 0.3 is 5.97 Å². The van der Waals surface area contributed by atoms with Crippen molar-refractivity contribution in [3.8, 4) is 0 Å². The van der Waals surface area contributed by atoms with Crippen molar-refractivity contribution in [3.63, 3.8) is 0 Å². The average Bonchev–Trinajstić information content (AvgIpc) is 3.05. The van der Waals surface area contributed by atoms with Crippen LogP contribution < -0.4 is 0 Å². The molecule has 4 nitrogen and oxygen atoms in total. The van der Waals surface area contributed by atoms with Gasteiger partial charge in [0.15, 0.2) is 0 Å². The number of hydrogen-bond donors (Lipinski definition) is 3. The van der Waals surface area contributed by atoms with E-state index in [0.29, 0.717) is 18.8 Å². The lowest BCUT2D eigenvalue weighted by molar-refractivity contribution is -0.146. The first-order chi connectivity index (χ1) is 15.8. The Morgan fingerprint density at radius 3 is 2.47 bits per heavy atom. The van der Waals surface area contributed by atoms with Gasteiger partial charge in [0.2, 0.25) is 0 Å². The van der Waals surface area contributed by atoms with Crippen molar-refractivity contribution in [2.45, 2.75) is 99.0 Å². The van der Waals surface area contributed by atoms with Crippen LogP contribution in [0, 0.1) is 39.4 Å². The number of allylic oxidation sites excluding steroid dienone is 5. The zero-order valence-electron chi connectivity index (χ0n) is 22.2. The third-order valence-electron chi connectivity index (χ3n) is 11.3. The van der Waals surface area contributed by atoms with Crippen LogP contribution in [0.25, 0.3) is 0 Å². The molecule has 2 saturated carbocycles. The van der Waals surface area contributed by atoms with Crippen LogP contribution in [0.2, 0.25) is 0 Å². The molecule has 0 unspecified atom stereocenters. The van der Waals surface area contributed by atoms with Crippen molar-refractivity contribution in [2.24, 2.45) is 39.4 Å². The topological polar surface area (TPSA) is 77.8 Å². The number of rotatable bonds is 6. The van der Waals surface area contributed by atoms with E-state index < -0.39 is 5.97 Å². The monoisotopic (exact) mass is 470 g/mol. The molecule has 0 bridgehead atoms. The minimum atomic E-state index is -0.673. The zero-order chi connectivity index (χ0) is 25.1. The summed E-state index contributed by atoms with van der Waals surface area (Å²) in [6, 6.07) is 0. The molecule has 0 aliphatic heterocycles. The number of carboxylic acid groups (broad SMARTS) is 1. The molecule has 2 fully saturated rings. The van der Waals surface area contributed by atoms with Crippen molar-refractivity contribution < 1.29 is 20.1 Å². The van der Waals surface area contributed by atoms with Gasteiger partial charge in [0.05, 0.1) is 18.6 Å². The van der Waals surface area contributed by atoms with Crippen molar-refractivity contribution in [1.29, 1.82) is 0 Å². The highest BCUT2D eigenvalue weighted by Crippen LogP contribution is 2.71. The Labute approximate surface area is 206 Å². The Morgan fingerprint density at radius 1 is 1.12 bits per heavy atom. The molecule has 0 radical (unpaired) electrons. The quantitative estimate of drug-likeness (QED) is 0.399. The number of fused-ring (bicyclic) bond motifs is 5. The van der Waals surface area contributed by atoms with Crippen molar-refractivity contribution in [1.82, 2.24) is 0 Å². The van der Waals surface area contributed by atoms with Crippen LogP contribution in [0.15, 0.2) is 34.9 Å². The van der Waals surface area contributed by atoms with E-state index in [9.17, 15) is 20.1 Å². The van der Waals surface area contributed by atoms with E-state index in [4.69, 9.17) is 0 Å². The van der Waals surface area contributed by atoms with E-state index >= 15 is 0 Å². The molecule has 4 rings (SSSR count). The summed E-state index contributed by atoms with van der Waals surface area (Å²) >= 11 is 0. The lowest BCUT2D eigenvalue weighted by Gasteiger charge is -2.61. The Balaban J connectivity index is 1.68. The van der Waals surface area contributed by atoms with Gasteiger partial charge in [0.25, 0.3) is 0 Å². The first-order valence-electron chi connectivity index (χ1n) is 13.4. The van der Waals surface area contributed by atoms with Crippen molar-refractivity contribution in [2.75, 3.05) is 6.61 Å². The van der Waals surface area contributed by atoms with Crippen LogP contribution in [-0.4, -0.2) is 34.0 Å². The third kappa shape index (κ3) is 3.58. The minimum Gasteiger partial charge on any atom is -0.481 e. The Hall–Kier alpha value is -1.39. The fourth-order valence-electron chi connectivity index (χ4n) is 8.75. The van der Waals surface area contributed by atoms with Gasteiger partial charge in [0, 0.05) is 0 Å².